The van der Waals surface area contributed by atoms with Gasteiger partial charge in [0.2, 0.25) is 5.91 Å². The summed E-state index contributed by atoms with van der Waals surface area (Å²) in [6.45, 7) is 3.90. The van der Waals surface area contributed by atoms with Crippen LogP contribution in [-0.2, 0) is 6.54 Å². The van der Waals surface area contributed by atoms with Crippen molar-refractivity contribution in [3.8, 4) is 5.75 Å². The molecule has 0 saturated carbocycles. The Bertz CT molecular complexity index is 1100. The quantitative estimate of drug-likeness (QED) is 0.292. The first-order valence-electron chi connectivity index (χ1n) is 10.9. The fraction of sp³-hybridized carbons (Fsp3) is 0.500. The number of nitrogens with one attached hydrogen (secondary N) is 1. The van der Waals surface area contributed by atoms with Crippen LogP contribution < -0.4 is 27.3 Å². The predicted octanol–water partition coefficient (Wildman–Crippen LogP) is -0.756. The van der Waals surface area contributed by atoms with E-state index < -0.39 is 42.1 Å². The molecule has 2 aliphatic rings. The van der Waals surface area contributed by atoms with Crippen molar-refractivity contribution in [2.45, 2.75) is 50.5 Å². The molecule has 11 heteroatoms. The number of primary amides is 1. The molecule has 4 rings (SSSR count). The summed E-state index contributed by atoms with van der Waals surface area (Å²) < 4.78 is 7.47. The van der Waals surface area contributed by atoms with Crippen LogP contribution in [0.2, 0.25) is 0 Å². The lowest BCUT2D eigenvalue weighted by molar-refractivity contribution is 0.0395. The third-order valence-electron chi connectivity index (χ3n) is 6.61. The van der Waals surface area contributed by atoms with Crippen LogP contribution in [0.3, 0.4) is 0 Å². The van der Waals surface area contributed by atoms with Gasteiger partial charge in [-0.3, -0.25) is 14.3 Å². The van der Waals surface area contributed by atoms with Gasteiger partial charge < -0.3 is 37.5 Å². The molecule has 33 heavy (non-hydrogen) atoms. The van der Waals surface area contributed by atoms with Crippen molar-refractivity contribution in [3.05, 3.63) is 46.3 Å². The lowest BCUT2D eigenvalue weighted by Crippen LogP contribution is -2.64. The molecule has 0 radical (unpaired) electrons. The van der Waals surface area contributed by atoms with Crippen LogP contribution in [0.25, 0.3) is 0 Å². The second-order valence-corrected chi connectivity index (χ2v) is 8.81. The zero-order valence-corrected chi connectivity index (χ0v) is 18.6. The lowest BCUT2D eigenvalue weighted by atomic mass is 9.76. The highest BCUT2D eigenvalue weighted by Crippen LogP contribution is 2.55. The topological polar surface area (TPSA) is 192 Å². The molecule has 0 fully saturated rings. The van der Waals surface area contributed by atoms with E-state index in [1.165, 1.54) is 0 Å². The molecule has 1 aromatic heterocycles. The summed E-state index contributed by atoms with van der Waals surface area (Å²) in [7, 11) is 0. The monoisotopic (exact) mass is 458 g/mol. The molecule has 5 atom stereocenters. The van der Waals surface area contributed by atoms with Gasteiger partial charge in [-0.2, -0.15) is 5.10 Å². The molecule has 9 N–H and O–H groups in total. The molecule has 0 spiro atoms. The number of amides is 2. The maximum Gasteiger partial charge on any atom is 0.271 e. The minimum absolute atomic E-state index is 0.157. The fourth-order valence-corrected chi connectivity index (χ4v) is 5.12. The SMILES string of the molecule is CCn1nc(C)cc1C(=O)N[C@@]1(N)C(N)c2cc(C(N)=O)cc3c2C1[C@H](CC(O)CO)CO3. The number of hydrogen-bond donors (Lipinski definition) is 6. The Morgan fingerprint density at radius 2 is 2.12 bits per heavy atom. The van der Waals surface area contributed by atoms with Gasteiger partial charge in [-0.1, -0.05) is 0 Å². The van der Waals surface area contributed by atoms with E-state index in [0.717, 1.165) is 0 Å². The molecule has 0 bridgehead atoms. The number of carbonyl (C=O) groups excluding carboxylic acids is 2. The summed E-state index contributed by atoms with van der Waals surface area (Å²) >= 11 is 0. The van der Waals surface area contributed by atoms with Gasteiger partial charge in [0.1, 0.15) is 17.1 Å². The fourth-order valence-electron chi connectivity index (χ4n) is 5.12. The number of nitrogens with two attached hydrogens (primary N) is 3. The highest BCUT2D eigenvalue weighted by molar-refractivity contribution is 5.95. The van der Waals surface area contributed by atoms with Crippen molar-refractivity contribution in [2.75, 3.05) is 13.2 Å². The highest BCUT2D eigenvalue weighted by atomic mass is 16.5. The number of aryl methyl sites for hydroxylation is 2. The van der Waals surface area contributed by atoms with Gasteiger partial charge in [-0.15, -0.1) is 0 Å². The zero-order valence-electron chi connectivity index (χ0n) is 18.6. The number of aromatic nitrogens is 2. The van der Waals surface area contributed by atoms with Crippen molar-refractivity contribution in [1.82, 2.24) is 15.1 Å². The number of aliphatic hydroxyl groups excluding tert-OH is 2. The van der Waals surface area contributed by atoms with Crippen LogP contribution in [0, 0.1) is 12.8 Å². The maximum atomic E-state index is 13.3. The van der Waals surface area contributed by atoms with Gasteiger partial charge in [-0.25, -0.2) is 0 Å². The minimum Gasteiger partial charge on any atom is -0.493 e. The van der Waals surface area contributed by atoms with Crippen LogP contribution in [0.5, 0.6) is 5.75 Å². The molecule has 3 unspecified atom stereocenters. The standard InChI is InChI=1S/C22H30N6O5/c1-3-28-15(4-10(2)27-28)21(32)26-22(25)18-12(5-13(30)8-29)9-33-16-7-11(20(24)31)6-14(17(16)18)19(22)23/h4,6-7,12-13,18-19,29-30H,3,5,8-9,23,25H2,1-2H3,(H2,24,31)(H,26,32)/t12-,13?,18?,19?,22-/m1/s1. The van der Waals surface area contributed by atoms with E-state index >= 15 is 0 Å². The zero-order chi connectivity index (χ0) is 24.1. The second-order valence-electron chi connectivity index (χ2n) is 8.81. The summed E-state index contributed by atoms with van der Waals surface area (Å²) in [4.78, 5) is 25.2. The van der Waals surface area contributed by atoms with E-state index in [-0.39, 0.29) is 24.5 Å². The van der Waals surface area contributed by atoms with Crippen molar-refractivity contribution in [1.29, 1.82) is 0 Å². The number of benzene rings is 1. The van der Waals surface area contributed by atoms with Gasteiger partial charge in [0, 0.05) is 29.5 Å². The van der Waals surface area contributed by atoms with Crippen molar-refractivity contribution in [2.24, 2.45) is 23.1 Å². The number of carbonyl (C=O) groups is 2. The Kier molecular flexibility index (Phi) is 5.91. The third kappa shape index (κ3) is 3.76. The molecule has 0 saturated heterocycles. The van der Waals surface area contributed by atoms with Gasteiger partial charge in [0.25, 0.3) is 5.91 Å². The Hall–Kier alpha value is -2.99. The van der Waals surface area contributed by atoms with Crippen LogP contribution in [-0.4, -0.2) is 56.8 Å². The van der Waals surface area contributed by atoms with Gasteiger partial charge >= 0.3 is 0 Å². The molecule has 2 amide bonds. The highest BCUT2D eigenvalue weighted by Gasteiger charge is 2.56. The summed E-state index contributed by atoms with van der Waals surface area (Å²) in [6, 6.07) is 3.91. The molecule has 2 aromatic rings. The average Bonchev–Trinajstić information content (AvgIpc) is 3.27. The van der Waals surface area contributed by atoms with E-state index in [1.807, 2.05) is 6.92 Å². The normalized spacial score (nSPS) is 26.4. The van der Waals surface area contributed by atoms with Gasteiger partial charge in [0.05, 0.1) is 31.1 Å². The van der Waals surface area contributed by atoms with E-state index in [9.17, 15) is 19.8 Å². The summed E-state index contributed by atoms with van der Waals surface area (Å²) in [6.07, 6.45) is -0.806. The van der Waals surface area contributed by atoms with Crippen molar-refractivity contribution < 1.29 is 24.5 Å². The van der Waals surface area contributed by atoms with Crippen molar-refractivity contribution in [3.63, 3.8) is 0 Å². The Labute approximate surface area is 190 Å². The molecule has 1 aliphatic carbocycles. The smallest absolute Gasteiger partial charge is 0.271 e. The molecular formula is C22H30N6O5. The third-order valence-corrected chi connectivity index (χ3v) is 6.61. The summed E-state index contributed by atoms with van der Waals surface area (Å²) in [5.74, 6) is -1.53. The number of nitrogens with zero attached hydrogens (tertiary/aromatic N) is 2. The molecule has 178 valence electrons. The number of ether oxygens (including phenoxy) is 1. The van der Waals surface area contributed by atoms with E-state index in [2.05, 4.69) is 10.4 Å². The predicted molar refractivity (Wildman–Crippen MR) is 118 cm³/mol. The molecule has 1 aromatic carbocycles. The molecular weight excluding hydrogens is 428 g/mol. The second kappa shape index (κ2) is 8.41. The average molecular weight is 459 g/mol. The van der Waals surface area contributed by atoms with Crippen molar-refractivity contribution >= 4 is 11.8 Å². The van der Waals surface area contributed by atoms with Crippen LogP contribution in [0.1, 0.15) is 63.0 Å². The first kappa shape index (κ1) is 23.2. The summed E-state index contributed by atoms with van der Waals surface area (Å²) in [5, 5.41) is 26.8. The Morgan fingerprint density at radius 3 is 2.76 bits per heavy atom. The lowest BCUT2D eigenvalue weighted by Gasteiger charge is -2.42. The Morgan fingerprint density at radius 1 is 1.39 bits per heavy atom. The van der Waals surface area contributed by atoms with Crippen LogP contribution >= 0.6 is 0 Å². The summed E-state index contributed by atoms with van der Waals surface area (Å²) in [5.41, 5.74) is 20.0. The van der Waals surface area contributed by atoms with Gasteiger partial charge in [-0.05, 0) is 44.0 Å². The van der Waals surface area contributed by atoms with E-state index in [0.29, 0.717) is 34.8 Å². The van der Waals surface area contributed by atoms with Crippen LogP contribution in [0.4, 0.5) is 0 Å². The number of hydrogen-bond acceptors (Lipinski definition) is 8. The van der Waals surface area contributed by atoms with E-state index in [1.54, 1.807) is 29.8 Å². The first-order valence-corrected chi connectivity index (χ1v) is 10.9. The largest absolute Gasteiger partial charge is 0.493 e. The minimum atomic E-state index is -1.45. The molecule has 2 heterocycles. The van der Waals surface area contributed by atoms with Gasteiger partial charge in [0.15, 0.2) is 0 Å². The number of aliphatic hydroxyl groups is 2. The first-order chi connectivity index (χ1) is 15.6. The molecule has 1 aliphatic heterocycles. The van der Waals surface area contributed by atoms with E-state index in [4.69, 9.17) is 21.9 Å². The molecule has 11 nitrogen and oxygen atoms in total. The van der Waals surface area contributed by atoms with Crippen LogP contribution in [0.15, 0.2) is 18.2 Å². The number of rotatable bonds is 7. The maximum absolute atomic E-state index is 13.3. The Balaban J connectivity index is 1.79.